The van der Waals surface area contributed by atoms with Crippen molar-refractivity contribution in [3.8, 4) is 5.75 Å². The predicted octanol–water partition coefficient (Wildman–Crippen LogP) is 4.46. The van der Waals surface area contributed by atoms with Crippen molar-refractivity contribution in [2.24, 2.45) is 5.92 Å². The van der Waals surface area contributed by atoms with E-state index >= 15 is 0 Å². The molecular formula is C31H37N3O4S. The number of methoxy groups -OCH3 is 1. The number of hydrogen-bond donors (Lipinski definition) is 0. The zero-order valence-electron chi connectivity index (χ0n) is 22.9. The minimum atomic E-state index is -3.78. The first-order valence-corrected chi connectivity index (χ1v) is 15.0. The summed E-state index contributed by atoms with van der Waals surface area (Å²) in [6.45, 7) is 7.49. The summed E-state index contributed by atoms with van der Waals surface area (Å²) in [7, 11) is -2.26. The Morgan fingerprint density at radius 1 is 0.872 bits per heavy atom. The molecule has 0 saturated carbocycles. The van der Waals surface area contributed by atoms with Gasteiger partial charge < -0.3 is 14.5 Å². The summed E-state index contributed by atoms with van der Waals surface area (Å²) < 4.78 is 34.0. The van der Waals surface area contributed by atoms with Gasteiger partial charge in [-0.05, 0) is 61.1 Å². The molecule has 3 aromatic rings. The molecule has 0 spiro atoms. The standard InChI is InChI=1S/C31H37N3O4S/c1-23-12-13-24(2)30(20-23)32-16-18-33(19-17-32)31(35)29-22-34(15-14-28(29)25-8-5-4-6-9-25)39(36,37)27-11-7-10-26(21-27)38-3/h4-13,20-21,28-29H,14-19,22H2,1-3H3. The quantitative estimate of drug-likeness (QED) is 0.456. The first-order chi connectivity index (χ1) is 18.8. The van der Waals surface area contributed by atoms with E-state index in [4.69, 9.17) is 4.74 Å². The Morgan fingerprint density at radius 3 is 2.33 bits per heavy atom. The number of piperazine rings is 1. The maximum Gasteiger partial charge on any atom is 0.243 e. The van der Waals surface area contributed by atoms with Crippen LogP contribution in [0.25, 0.3) is 0 Å². The number of nitrogens with zero attached hydrogens (tertiary/aromatic N) is 3. The number of sulfonamides is 1. The molecule has 206 valence electrons. The van der Waals surface area contributed by atoms with Crippen LogP contribution in [0.5, 0.6) is 5.75 Å². The maximum absolute atomic E-state index is 14.1. The molecule has 8 heteroatoms. The van der Waals surface area contributed by atoms with Crippen LogP contribution < -0.4 is 9.64 Å². The maximum atomic E-state index is 14.1. The molecule has 2 aliphatic rings. The average molecular weight is 548 g/mol. The van der Waals surface area contributed by atoms with E-state index in [9.17, 15) is 13.2 Å². The van der Waals surface area contributed by atoms with Crippen molar-refractivity contribution in [1.29, 1.82) is 0 Å². The van der Waals surface area contributed by atoms with Crippen LogP contribution in [0.15, 0.2) is 77.7 Å². The van der Waals surface area contributed by atoms with E-state index in [0.717, 1.165) is 18.7 Å². The number of anilines is 1. The molecular weight excluding hydrogens is 510 g/mol. The molecule has 5 rings (SSSR count). The van der Waals surface area contributed by atoms with E-state index in [1.54, 1.807) is 24.3 Å². The van der Waals surface area contributed by atoms with Crippen LogP contribution in [0.3, 0.4) is 0 Å². The first kappa shape index (κ1) is 27.2. The number of hydrogen-bond acceptors (Lipinski definition) is 5. The third-order valence-electron chi connectivity index (χ3n) is 8.10. The lowest BCUT2D eigenvalue weighted by molar-refractivity contribution is -0.137. The number of carbonyl (C=O) groups excluding carboxylic acids is 1. The smallest absolute Gasteiger partial charge is 0.243 e. The lowest BCUT2D eigenvalue weighted by Crippen LogP contribution is -2.54. The van der Waals surface area contributed by atoms with E-state index in [1.165, 1.54) is 28.2 Å². The van der Waals surface area contributed by atoms with Gasteiger partial charge in [-0.15, -0.1) is 0 Å². The molecule has 7 nitrogen and oxygen atoms in total. The Labute approximate surface area is 232 Å². The second kappa shape index (κ2) is 11.4. The van der Waals surface area contributed by atoms with E-state index in [0.29, 0.717) is 31.8 Å². The highest BCUT2D eigenvalue weighted by Gasteiger charge is 2.42. The summed E-state index contributed by atoms with van der Waals surface area (Å²) in [5, 5.41) is 0. The van der Waals surface area contributed by atoms with Gasteiger partial charge in [-0.1, -0.05) is 48.5 Å². The largest absolute Gasteiger partial charge is 0.497 e. The van der Waals surface area contributed by atoms with Crippen molar-refractivity contribution in [2.45, 2.75) is 31.1 Å². The zero-order chi connectivity index (χ0) is 27.6. The Hall–Kier alpha value is -3.36. The third-order valence-corrected chi connectivity index (χ3v) is 9.96. The molecule has 2 heterocycles. The van der Waals surface area contributed by atoms with Crippen LogP contribution in [0.2, 0.25) is 0 Å². The highest BCUT2D eigenvalue weighted by atomic mass is 32.2. The molecule has 1 amide bonds. The molecule has 0 N–H and O–H groups in total. The van der Waals surface area contributed by atoms with E-state index in [-0.39, 0.29) is 23.3 Å². The van der Waals surface area contributed by atoms with Crippen molar-refractivity contribution < 1.29 is 17.9 Å². The van der Waals surface area contributed by atoms with Crippen LogP contribution in [-0.4, -0.2) is 69.9 Å². The lowest BCUT2D eigenvalue weighted by atomic mass is 9.80. The second-order valence-electron chi connectivity index (χ2n) is 10.6. The van der Waals surface area contributed by atoms with Gasteiger partial charge in [-0.3, -0.25) is 4.79 Å². The summed E-state index contributed by atoms with van der Waals surface area (Å²) in [6, 6.07) is 23.1. The second-order valence-corrected chi connectivity index (χ2v) is 12.5. The molecule has 2 atom stereocenters. The summed E-state index contributed by atoms with van der Waals surface area (Å²) >= 11 is 0. The Morgan fingerprint density at radius 2 is 1.62 bits per heavy atom. The topological polar surface area (TPSA) is 70.2 Å². The molecule has 2 aliphatic heterocycles. The van der Waals surface area contributed by atoms with E-state index < -0.39 is 15.9 Å². The van der Waals surface area contributed by atoms with Gasteiger partial charge in [-0.2, -0.15) is 4.31 Å². The highest BCUT2D eigenvalue weighted by molar-refractivity contribution is 7.89. The highest BCUT2D eigenvalue weighted by Crippen LogP contribution is 2.37. The molecule has 2 fully saturated rings. The van der Waals surface area contributed by atoms with Gasteiger partial charge in [0.2, 0.25) is 15.9 Å². The molecule has 0 radical (unpaired) electrons. The number of benzene rings is 3. The van der Waals surface area contributed by atoms with Gasteiger partial charge >= 0.3 is 0 Å². The van der Waals surface area contributed by atoms with Crippen molar-refractivity contribution in [3.05, 3.63) is 89.5 Å². The van der Waals surface area contributed by atoms with Crippen LogP contribution >= 0.6 is 0 Å². The molecule has 0 aromatic heterocycles. The minimum absolute atomic E-state index is 0.0347. The van der Waals surface area contributed by atoms with Crippen LogP contribution in [0.4, 0.5) is 5.69 Å². The van der Waals surface area contributed by atoms with E-state index in [2.05, 4.69) is 49.1 Å². The Balaban J connectivity index is 1.37. The van der Waals surface area contributed by atoms with Gasteiger partial charge in [0.05, 0.1) is 17.9 Å². The van der Waals surface area contributed by atoms with Gasteiger partial charge in [0.15, 0.2) is 0 Å². The molecule has 0 aliphatic carbocycles. The number of piperidine rings is 1. The first-order valence-electron chi connectivity index (χ1n) is 13.6. The van der Waals surface area contributed by atoms with Gasteiger partial charge in [0, 0.05) is 51.0 Å². The molecule has 3 aromatic carbocycles. The Kier molecular flexibility index (Phi) is 7.96. The summed E-state index contributed by atoms with van der Waals surface area (Å²) in [6.07, 6.45) is 0.589. The molecule has 0 bridgehead atoms. The fraction of sp³-hybridized carbons (Fsp3) is 0.387. The van der Waals surface area contributed by atoms with Crippen molar-refractivity contribution >= 4 is 21.6 Å². The van der Waals surface area contributed by atoms with Crippen LogP contribution in [0, 0.1) is 19.8 Å². The SMILES string of the molecule is COc1cccc(S(=O)(=O)N2CCC(c3ccccc3)C(C(=O)N3CCN(c4cc(C)ccc4C)CC3)C2)c1. The molecule has 2 saturated heterocycles. The number of amides is 1. The summed E-state index contributed by atoms with van der Waals surface area (Å²) in [5.41, 5.74) is 4.76. The van der Waals surface area contributed by atoms with Gasteiger partial charge in [0.1, 0.15) is 5.75 Å². The number of ether oxygens (including phenoxy) is 1. The average Bonchev–Trinajstić information content (AvgIpc) is 2.98. The normalized spacial score (nSPS) is 20.6. The van der Waals surface area contributed by atoms with Crippen molar-refractivity contribution in [3.63, 3.8) is 0 Å². The fourth-order valence-electron chi connectivity index (χ4n) is 5.86. The molecule has 2 unspecified atom stereocenters. The number of rotatable bonds is 6. The summed E-state index contributed by atoms with van der Waals surface area (Å²) in [5.74, 6) is 0.0425. The summed E-state index contributed by atoms with van der Waals surface area (Å²) in [4.78, 5) is 18.5. The van der Waals surface area contributed by atoms with E-state index in [1.807, 2.05) is 23.1 Å². The molecule has 39 heavy (non-hydrogen) atoms. The van der Waals surface area contributed by atoms with Crippen LogP contribution in [-0.2, 0) is 14.8 Å². The third kappa shape index (κ3) is 5.68. The zero-order valence-corrected chi connectivity index (χ0v) is 23.7. The van der Waals surface area contributed by atoms with Crippen LogP contribution in [0.1, 0.15) is 29.0 Å². The fourth-order valence-corrected chi connectivity index (χ4v) is 7.38. The number of aryl methyl sites for hydroxylation is 2. The minimum Gasteiger partial charge on any atom is -0.497 e. The Bertz CT molecular complexity index is 1420. The van der Waals surface area contributed by atoms with Crippen molar-refractivity contribution in [2.75, 3.05) is 51.3 Å². The number of carbonyl (C=O) groups is 1. The monoisotopic (exact) mass is 547 g/mol. The van der Waals surface area contributed by atoms with Crippen molar-refractivity contribution in [1.82, 2.24) is 9.21 Å². The predicted molar refractivity (Wildman–Crippen MR) is 154 cm³/mol. The van der Waals surface area contributed by atoms with Gasteiger partial charge in [0.25, 0.3) is 0 Å². The van der Waals surface area contributed by atoms with Gasteiger partial charge in [-0.25, -0.2) is 8.42 Å². The lowest BCUT2D eigenvalue weighted by Gasteiger charge is -2.42.